The topological polar surface area (TPSA) is 53.5 Å². The van der Waals surface area contributed by atoms with E-state index in [0.717, 1.165) is 25.2 Å². The van der Waals surface area contributed by atoms with Crippen molar-refractivity contribution in [2.75, 3.05) is 13.1 Å². The summed E-state index contributed by atoms with van der Waals surface area (Å²) in [6.45, 7) is 9.67. The fourth-order valence-electron chi connectivity index (χ4n) is 1.23. The molecular weight excluding hydrogens is 190 g/mol. The first kappa shape index (κ1) is 13.8. The van der Waals surface area contributed by atoms with Gasteiger partial charge < -0.3 is 10.6 Å². The lowest BCUT2D eigenvalue weighted by atomic mass is 10.1. The Labute approximate surface area is 91.9 Å². The third-order valence-corrected chi connectivity index (χ3v) is 2.03. The van der Waals surface area contributed by atoms with Crippen molar-refractivity contribution in [2.45, 2.75) is 34.1 Å². The van der Waals surface area contributed by atoms with Crippen molar-refractivity contribution in [3.8, 4) is 0 Å². The summed E-state index contributed by atoms with van der Waals surface area (Å²) >= 11 is 0. The summed E-state index contributed by atoms with van der Waals surface area (Å²) < 4.78 is 0. The second kappa shape index (κ2) is 8.17. The summed E-state index contributed by atoms with van der Waals surface area (Å²) in [5.41, 5.74) is 2.34. The molecule has 4 nitrogen and oxygen atoms in total. The van der Waals surface area contributed by atoms with E-state index in [-0.39, 0.29) is 0 Å². The van der Waals surface area contributed by atoms with Gasteiger partial charge in [0.2, 0.25) is 6.41 Å². The molecule has 0 aromatic rings. The molecule has 0 aliphatic carbocycles. The number of carbonyl (C=O) groups excluding carboxylic acids is 1. The Morgan fingerprint density at radius 2 is 2.20 bits per heavy atom. The molecule has 0 aromatic carbocycles. The predicted octanol–water partition coefficient (Wildman–Crippen LogP) is 1.44. The summed E-state index contributed by atoms with van der Waals surface area (Å²) in [6, 6.07) is 0. The highest BCUT2D eigenvalue weighted by molar-refractivity contribution is 5.89. The van der Waals surface area contributed by atoms with E-state index < -0.39 is 0 Å². The molecule has 1 aliphatic rings. The van der Waals surface area contributed by atoms with Crippen LogP contribution in [0.2, 0.25) is 0 Å². The molecule has 0 atom stereocenters. The molecule has 2 N–H and O–H groups in total. The molecule has 0 saturated heterocycles. The first-order valence-corrected chi connectivity index (χ1v) is 5.39. The molecule has 1 rings (SSSR count). The van der Waals surface area contributed by atoms with E-state index in [2.05, 4.69) is 22.5 Å². The largest absolute Gasteiger partial charge is 0.317 e. The molecule has 0 saturated carbocycles. The van der Waals surface area contributed by atoms with Crippen molar-refractivity contribution >= 4 is 12.2 Å². The van der Waals surface area contributed by atoms with Crippen LogP contribution in [0, 0.1) is 0 Å². The highest BCUT2D eigenvalue weighted by Gasteiger charge is 2.07. The normalized spacial score (nSPS) is 16.7. The summed E-state index contributed by atoms with van der Waals surface area (Å²) in [7, 11) is 0. The van der Waals surface area contributed by atoms with Crippen LogP contribution >= 0.6 is 0 Å². The molecule has 0 fully saturated rings. The van der Waals surface area contributed by atoms with Crippen LogP contribution in [0.1, 0.15) is 34.1 Å². The van der Waals surface area contributed by atoms with Crippen LogP contribution in [0.5, 0.6) is 0 Å². The summed E-state index contributed by atoms with van der Waals surface area (Å²) in [5, 5.41) is 5.75. The molecule has 0 bridgehead atoms. The second-order valence-electron chi connectivity index (χ2n) is 3.11. The van der Waals surface area contributed by atoms with Gasteiger partial charge in [-0.15, -0.1) is 0 Å². The van der Waals surface area contributed by atoms with Crippen LogP contribution in [-0.2, 0) is 4.79 Å². The maximum absolute atomic E-state index is 10.1. The van der Waals surface area contributed by atoms with Crippen LogP contribution in [0.3, 0.4) is 0 Å². The van der Waals surface area contributed by atoms with Gasteiger partial charge in [0.25, 0.3) is 0 Å². The number of rotatable bonds is 2. The lowest BCUT2D eigenvalue weighted by Gasteiger charge is -2.15. The Morgan fingerprint density at radius 1 is 1.53 bits per heavy atom. The number of hydrogen-bond donors (Lipinski definition) is 2. The zero-order valence-electron chi connectivity index (χ0n) is 10.1. The second-order valence-corrected chi connectivity index (χ2v) is 3.11. The lowest BCUT2D eigenvalue weighted by molar-refractivity contribution is -0.108. The van der Waals surface area contributed by atoms with E-state index in [1.165, 1.54) is 5.57 Å². The summed E-state index contributed by atoms with van der Waals surface area (Å²) in [4.78, 5) is 14.4. The average Bonchev–Trinajstić information content (AvgIpc) is 2.25. The minimum Gasteiger partial charge on any atom is -0.317 e. The number of aliphatic imine (C=N–C) groups is 1. The molecule has 0 spiro atoms. The molecule has 15 heavy (non-hydrogen) atoms. The van der Waals surface area contributed by atoms with Crippen LogP contribution in [-0.4, -0.2) is 25.3 Å². The molecular formula is C11H21N3O. The quantitative estimate of drug-likeness (QED) is 0.412. The average molecular weight is 211 g/mol. The number of hydrogen-bond acceptors (Lipinski definition) is 3. The van der Waals surface area contributed by atoms with Crippen LogP contribution in [0.4, 0.5) is 0 Å². The maximum Gasteiger partial charge on any atom is 0.212 e. The number of carbonyl (C=O) groups is 1. The minimum absolute atomic E-state index is 0.644. The molecule has 1 heterocycles. The summed E-state index contributed by atoms with van der Waals surface area (Å²) in [5.74, 6) is 0.646. The molecule has 1 amide bonds. The van der Waals surface area contributed by atoms with Crippen molar-refractivity contribution in [2.24, 2.45) is 4.99 Å². The van der Waals surface area contributed by atoms with Gasteiger partial charge in [0.05, 0.1) is 5.70 Å². The molecule has 0 unspecified atom stereocenters. The standard InChI is InChI=1S/C9H15N3O.C2H6/c1-7-3-4-10-5-9(7)12-8(2)11-6-13;1-2/h6,10H,3-5H2,1-2H3,(H,11,12,13);1-2H3. The van der Waals surface area contributed by atoms with Crippen LogP contribution in [0.25, 0.3) is 0 Å². The Bertz CT molecular complexity index is 257. The maximum atomic E-state index is 10.1. The number of amidine groups is 1. The van der Waals surface area contributed by atoms with Gasteiger partial charge in [-0.1, -0.05) is 13.8 Å². The zero-order chi connectivity index (χ0) is 11.7. The van der Waals surface area contributed by atoms with Gasteiger partial charge in [-0.25, -0.2) is 4.99 Å². The number of nitrogens with one attached hydrogen (secondary N) is 2. The van der Waals surface area contributed by atoms with Gasteiger partial charge in [-0.3, -0.25) is 4.79 Å². The number of amides is 1. The molecule has 86 valence electrons. The van der Waals surface area contributed by atoms with Gasteiger partial charge in [0.1, 0.15) is 5.84 Å². The van der Waals surface area contributed by atoms with E-state index >= 15 is 0 Å². The molecule has 4 heteroatoms. The zero-order valence-corrected chi connectivity index (χ0v) is 10.1. The van der Waals surface area contributed by atoms with E-state index in [0.29, 0.717) is 12.2 Å². The van der Waals surface area contributed by atoms with E-state index in [1.54, 1.807) is 6.92 Å². The van der Waals surface area contributed by atoms with Crippen molar-refractivity contribution in [1.82, 2.24) is 10.6 Å². The Morgan fingerprint density at radius 3 is 2.73 bits per heavy atom. The molecule has 1 aliphatic heterocycles. The highest BCUT2D eigenvalue weighted by atomic mass is 16.1. The van der Waals surface area contributed by atoms with Crippen molar-refractivity contribution in [3.05, 3.63) is 11.3 Å². The van der Waals surface area contributed by atoms with Crippen molar-refractivity contribution < 1.29 is 4.79 Å². The van der Waals surface area contributed by atoms with E-state index in [4.69, 9.17) is 0 Å². The summed E-state index contributed by atoms with van der Waals surface area (Å²) in [6.07, 6.45) is 1.68. The Hall–Kier alpha value is -1.16. The van der Waals surface area contributed by atoms with E-state index in [1.807, 2.05) is 13.8 Å². The predicted molar refractivity (Wildman–Crippen MR) is 63.8 cm³/mol. The van der Waals surface area contributed by atoms with Gasteiger partial charge in [-0.2, -0.15) is 0 Å². The van der Waals surface area contributed by atoms with Crippen LogP contribution in [0.15, 0.2) is 16.3 Å². The van der Waals surface area contributed by atoms with Crippen molar-refractivity contribution in [3.63, 3.8) is 0 Å². The molecule has 0 radical (unpaired) electrons. The van der Waals surface area contributed by atoms with Gasteiger partial charge in [0, 0.05) is 6.54 Å². The first-order chi connectivity index (χ1) is 7.24. The van der Waals surface area contributed by atoms with Gasteiger partial charge in [0.15, 0.2) is 0 Å². The van der Waals surface area contributed by atoms with Gasteiger partial charge in [-0.05, 0) is 32.4 Å². The van der Waals surface area contributed by atoms with Crippen molar-refractivity contribution in [1.29, 1.82) is 0 Å². The van der Waals surface area contributed by atoms with Crippen LogP contribution < -0.4 is 10.6 Å². The third-order valence-electron chi connectivity index (χ3n) is 2.03. The smallest absolute Gasteiger partial charge is 0.212 e. The van der Waals surface area contributed by atoms with E-state index in [9.17, 15) is 4.79 Å². The fraction of sp³-hybridized carbons (Fsp3) is 0.636. The Kier molecular flexibility index (Phi) is 7.54. The third kappa shape index (κ3) is 5.32. The number of nitrogens with zero attached hydrogens (tertiary/aromatic N) is 1. The minimum atomic E-state index is 0.644. The highest BCUT2D eigenvalue weighted by Crippen LogP contribution is 2.12. The SMILES string of the molecule is CC.CC(=NC1=C(C)CCNC1)NC=O. The first-order valence-electron chi connectivity index (χ1n) is 5.39. The van der Waals surface area contributed by atoms with Gasteiger partial charge >= 0.3 is 0 Å². The lowest BCUT2D eigenvalue weighted by Crippen LogP contribution is -2.26. The Balaban J connectivity index is 0.000000921. The molecule has 0 aromatic heterocycles. The monoisotopic (exact) mass is 211 g/mol. The fourth-order valence-corrected chi connectivity index (χ4v) is 1.23.